The van der Waals surface area contributed by atoms with Crippen molar-refractivity contribution in [2.75, 3.05) is 6.54 Å². The molecule has 1 aromatic carbocycles. The number of halogens is 1. The van der Waals surface area contributed by atoms with Crippen LogP contribution in [0.3, 0.4) is 0 Å². The van der Waals surface area contributed by atoms with Crippen LogP contribution in [0.1, 0.15) is 22.7 Å². The Kier molecular flexibility index (Phi) is 3.12. The van der Waals surface area contributed by atoms with Crippen LogP contribution >= 0.6 is 0 Å². The minimum atomic E-state index is -1.23. The third-order valence-corrected chi connectivity index (χ3v) is 3.58. The maximum absolute atomic E-state index is 13.5. The molecule has 6 nitrogen and oxygen atoms in total. The minimum absolute atomic E-state index is 0.0492. The third-order valence-electron chi connectivity index (χ3n) is 3.58. The molecule has 0 aliphatic carbocycles. The van der Waals surface area contributed by atoms with E-state index in [1.807, 2.05) is 0 Å². The van der Waals surface area contributed by atoms with E-state index in [0.29, 0.717) is 22.6 Å². The molecule has 2 heterocycles. The fraction of sp³-hybridized carbons (Fsp3) is 0.357. The molecule has 0 saturated carbocycles. The van der Waals surface area contributed by atoms with E-state index in [2.05, 4.69) is 4.98 Å². The largest absolute Gasteiger partial charge is 0.441 e. The maximum Gasteiger partial charge on any atom is 0.254 e. The van der Waals surface area contributed by atoms with Crippen LogP contribution in [0.15, 0.2) is 22.6 Å². The van der Waals surface area contributed by atoms with Gasteiger partial charge in [-0.2, -0.15) is 0 Å². The molecular weight excluding hydrogens is 277 g/mol. The summed E-state index contributed by atoms with van der Waals surface area (Å²) in [5.74, 6) is -0.627. The van der Waals surface area contributed by atoms with E-state index in [-0.39, 0.29) is 13.0 Å². The molecule has 2 atom stereocenters. The monoisotopic (exact) mass is 291 g/mol. The molecule has 0 radical (unpaired) electrons. The minimum Gasteiger partial charge on any atom is -0.441 e. The van der Waals surface area contributed by atoms with Crippen molar-refractivity contribution in [3.05, 3.63) is 29.7 Å². The lowest BCUT2D eigenvalue weighted by molar-refractivity contribution is -0.121. The van der Waals surface area contributed by atoms with Crippen molar-refractivity contribution in [1.29, 1.82) is 0 Å². The number of hydrogen-bond acceptors (Lipinski definition) is 4. The molecule has 1 fully saturated rings. The number of oxazole rings is 1. The average molecular weight is 291 g/mol. The second-order valence-corrected chi connectivity index (χ2v) is 5.12. The first-order valence-electron chi connectivity index (χ1n) is 6.57. The van der Waals surface area contributed by atoms with Gasteiger partial charge in [0.25, 0.3) is 5.91 Å². The second-order valence-electron chi connectivity index (χ2n) is 5.12. The predicted octanol–water partition coefficient (Wildman–Crippen LogP) is 1.17. The molecule has 1 saturated heterocycles. The van der Waals surface area contributed by atoms with E-state index in [9.17, 15) is 14.0 Å². The molecule has 0 spiro atoms. The van der Waals surface area contributed by atoms with Crippen LogP contribution in [0.5, 0.6) is 0 Å². The van der Waals surface area contributed by atoms with Crippen LogP contribution < -0.4 is 5.73 Å². The number of primary amides is 1. The van der Waals surface area contributed by atoms with E-state index in [0.717, 1.165) is 0 Å². The van der Waals surface area contributed by atoms with E-state index >= 15 is 0 Å². The number of nitrogens with two attached hydrogens (primary N) is 1. The summed E-state index contributed by atoms with van der Waals surface area (Å²) in [7, 11) is 0. The molecule has 21 heavy (non-hydrogen) atoms. The van der Waals surface area contributed by atoms with Gasteiger partial charge in [-0.1, -0.05) is 0 Å². The lowest BCUT2D eigenvalue weighted by Crippen LogP contribution is -2.43. The Hall–Kier alpha value is -2.44. The van der Waals surface area contributed by atoms with Gasteiger partial charge in [0.2, 0.25) is 5.91 Å². The number of alkyl halides is 1. The lowest BCUT2D eigenvalue weighted by atomic mass is 10.1. The average Bonchev–Trinajstić information content (AvgIpc) is 2.98. The molecular formula is C14H14FN3O3. The number of likely N-dealkylation sites (tertiary alicyclic amines) is 1. The predicted molar refractivity (Wildman–Crippen MR) is 72.3 cm³/mol. The first-order valence-corrected chi connectivity index (χ1v) is 6.57. The third kappa shape index (κ3) is 2.35. The number of nitrogens with zero attached hydrogens (tertiary/aromatic N) is 2. The van der Waals surface area contributed by atoms with Gasteiger partial charge in [-0.05, 0) is 18.2 Å². The molecule has 1 aliphatic rings. The van der Waals surface area contributed by atoms with Crippen LogP contribution in [0.25, 0.3) is 11.1 Å². The zero-order valence-corrected chi connectivity index (χ0v) is 11.4. The number of amides is 2. The first kappa shape index (κ1) is 13.5. The fourth-order valence-electron chi connectivity index (χ4n) is 2.62. The summed E-state index contributed by atoms with van der Waals surface area (Å²) in [5.41, 5.74) is 6.68. The maximum atomic E-state index is 13.5. The Morgan fingerprint density at radius 3 is 2.95 bits per heavy atom. The van der Waals surface area contributed by atoms with Crippen molar-refractivity contribution in [2.24, 2.45) is 5.73 Å². The Morgan fingerprint density at radius 1 is 1.48 bits per heavy atom. The van der Waals surface area contributed by atoms with E-state index in [1.54, 1.807) is 25.1 Å². The second kappa shape index (κ2) is 4.83. The van der Waals surface area contributed by atoms with Crippen molar-refractivity contribution in [2.45, 2.75) is 25.6 Å². The highest BCUT2D eigenvalue weighted by molar-refractivity contribution is 5.99. The summed E-state index contributed by atoms with van der Waals surface area (Å²) in [6.07, 6.45) is -1.28. The Balaban J connectivity index is 1.93. The molecule has 2 aromatic rings. The number of carbonyl (C=O) groups is 2. The zero-order valence-electron chi connectivity index (χ0n) is 11.4. The van der Waals surface area contributed by atoms with Crippen LogP contribution in [-0.2, 0) is 4.79 Å². The summed E-state index contributed by atoms with van der Waals surface area (Å²) in [4.78, 5) is 29.1. The van der Waals surface area contributed by atoms with E-state index < -0.39 is 24.0 Å². The molecule has 3 rings (SSSR count). The molecule has 2 N–H and O–H groups in total. The molecule has 0 bridgehead atoms. The topological polar surface area (TPSA) is 89.4 Å². The summed E-state index contributed by atoms with van der Waals surface area (Å²) < 4.78 is 18.8. The first-order chi connectivity index (χ1) is 9.95. The van der Waals surface area contributed by atoms with Crippen molar-refractivity contribution < 1.29 is 18.4 Å². The smallest absolute Gasteiger partial charge is 0.254 e. The SMILES string of the molecule is Cc1nc2cc(C(=O)N3C[C@H](F)C[C@H]3C(N)=O)ccc2o1. The van der Waals surface area contributed by atoms with Gasteiger partial charge >= 0.3 is 0 Å². The lowest BCUT2D eigenvalue weighted by Gasteiger charge is -2.21. The van der Waals surface area contributed by atoms with Crippen LogP contribution in [0, 0.1) is 6.92 Å². The van der Waals surface area contributed by atoms with Crippen molar-refractivity contribution in [3.8, 4) is 0 Å². The molecule has 2 amide bonds. The zero-order chi connectivity index (χ0) is 15.1. The van der Waals surface area contributed by atoms with Crippen molar-refractivity contribution >= 4 is 22.9 Å². The quantitative estimate of drug-likeness (QED) is 0.899. The fourth-order valence-corrected chi connectivity index (χ4v) is 2.62. The van der Waals surface area contributed by atoms with Gasteiger partial charge in [-0.15, -0.1) is 0 Å². The number of carbonyl (C=O) groups excluding carboxylic acids is 2. The normalized spacial score (nSPS) is 21.9. The van der Waals surface area contributed by atoms with Gasteiger partial charge in [0.1, 0.15) is 17.7 Å². The number of hydrogen-bond donors (Lipinski definition) is 1. The number of rotatable bonds is 2. The molecule has 0 unspecified atom stereocenters. The van der Waals surface area contributed by atoms with E-state index in [1.165, 1.54) is 4.90 Å². The standard InChI is InChI=1S/C14H14FN3O3/c1-7-17-10-4-8(2-3-12(10)21-7)14(20)18-6-9(15)5-11(18)13(16)19/h2-4,9,11H,5-6H2,1H3,(H2,16,19)/t9-,11+/m1/s1. The summed E-state index contributed by atoms with van der Waals surface area (Å²) in [6, 6.07) is 3.86. The summed E-state index contributed by atoms with van der Waals surface area (Å²) in [5, 5.41) is 0. The highest BCUT2D eigenvalue weighted by atomic mass is 19.1. The molecule has 1 aromatic heterocycles. The molecule has 7 heteroatoms. The molecule has 110 valence electrons. The Labute approximate surface area is 119 Å². The van der Waals surface area contributed by atoms with Gasteiger partial charge in [0.05, 0.1) is 6.54 Å². The highest BCUT2D eigenvalue weighted by Crippen LogP contribution is 2.24. The number of aryl methyl sites for hydroxylation is 1. The number of aromatic nitrogens is 1. The van der Waals surface area contributed by atoms with Crippen LogP contribution in [0.4, 0.5) is 4.39 Å². The Morgan fingerprint density at radius 2 is 2.24 bits per heavy atom. The number of fused-ring (bicyclic) bond motifs is 1. The van der Waals surface area contributed by atoms with Crippen molar-refractivity contribution in [3.63, 3.8) is 0 Å². The van der Waals surface area contributed by atoms with Crippen LogP contribution in [-0.4, -0.2) is 40.5 Å². The van der Waals surface area contributed by atoms with Crippen molar-refractivity contribution in [1.82, 2.24) is 9.88 Å². The van der Waals surface area contributed by atoms with Gasteiger partial charge in [0, 0.05) is 18.9 Å². The highest BCUT2D eigenvalue weighted by Gasteiger charge is 2.39. The van der Waals surface area contributed by atoms with Gasteiger partial charge in [-0.3, -0.25) is 9.59 Å². The van der Waals surface area contributed by atoms with Crippen LogP contribution in [0.2, 0.25) is 0 Å². The van der Waals surface area contributed by atoms with Gasteiger partial charge in [-0.25, -0.2) is 9.37 Å². The Bertz CT molecular complexity index is 727. The molecule has 1 aliphatic heterocycles. The summed E-state index contributed by atoms with van der Waals surface area (Å²) in [6.45, 7) is 1.58. The van der Waals surface area contributed by atoms with E-state index in [4.69, 9.17) is 10.2 Å². The van der Waals surface area contributed by atoms with Gasteiger partial charge in [0.15, 0.2) is 11.5 Å². The summed E-state index contributed by atoms with van der Waals surface area (Å²) >= 11 is 0. The van der Waals surface area contributed by atoms with Gasteiger partial charge < -0.3 is 15.1 Å². The number of benzene rings is 1.